The lowest BCUT2D eigenvalue weighted by Gasteiger charge is -2.03. The molecule has 16 heavy (non-hydrogen) atoms. The van der Waals surface area contributed by atoms with Crippen LogP contribution in [0, 0.1) is 24.1 Å². The molecule has 1 aromatic carbocycles. The maximum absolute atomic E-state index is 13.7. The summed E-state index contributed by atoms with van der Waals surface area (Å²) in [7, 11) is 0. The summed E-state index contributed by atoms with van der Waals surface area (Å²) in [6.07, 6.45) is 1.63. The lowest BCUT2D eigenvalue weighted by molar-refractivity contribution is 0.640. The van der Waals surface area contributed by atoms with Crippen LogP contribution >= 0.6 is 11.3 Å². The van der Waals surface area contributed by atoms with Gasteiger partial charge >= 0.3 is 0 Å². The summed E-state index contributed by atoms with van der Waals surface area (Å²) < 4.78 is 14.1. The first-order chi connectivity index (χ1) is 7.60. The van der Waals surface area contributed by atoms with Gasteiger partial charge in [0.2, 0.25) is 0 Å². The number of nitriles is 1. The number of nitrogens with two attached hydrogens (primary N) is 1. The third-order valence-corrected chi connectivity index (χ3v) is 3.53. The van der Waals surface area contributed by atoms with Crippen LogP contribution in [0.3, 0.4) is 0 Å². The maximum atomic E-state index is 13.7. The monoisotopic (exact) mass is 232 g/mol. The lowest BCUT2D eigenvalue weighted by Crippen LogP contribution is -1.88. The average molecular weight is 232 g/mol. The highest BCUT2D eigenvalue weighted by Crippen LogP contribution is 2.38. The smallest absolute Gasteiger partial charge is 0.141 e. The number of hydrogen-bond donors (Lipinski definition) is 1. The van der Waals surface area contributed by atoms with Crippen LogP contribution in [0.1, 0.15) is 16.7 Å². The van der Waals surface area contributed by atoms with Gasteiger partial charge in [-0.05, 0) is 24.1 Å². The molecule has 1 aromatic heterocycles. The molecule has 1 heterocycles. The summed E-state index contributed by atoms with van der Waals surface area (Å²) in [6.45, 7) is 5.47. The van der Waals surface area contributed by atoms with E-state index in [4.69, 9.17) is 11.0 Å². The molecule has 0 spiro atoms. The van der Waals surface area contributed by atoms with E-state index in [1.165, 1.54) is 6.07 Å². The Bertz CT molecular complexity index is 635. The standard InChI is InChI=1S/C12H9FN2S/c1-3-7-6(2)4-9(13)11-10(7)8(5-14)12(15)16-11/h3-4H,1,15H2,2H3. The van der Waals surface area contributed by atoms with Crippen molar-refractivity contribution < 1.29 is 4.39 Å². The van der Waals surface area contributed by atoms with Crippen LogP contribution in [-0.4, -0.2) is 0 Å². The number of thiophene rings is 1. The van der Waals surface area contributed by atoms with Crippen LogP contribution in [-0.2, 0) is 0 Å². The van der Waals surface area contributed by atoms with Gasteiger partial charge in [-0.15, -0.1) is 11.3 Å². The Kier molecular flexibility index (Phi) is 2.41. The van der Waals surface area contributed by atoms with E-state index >= 15 is 0 Å². The van der Waals surface area contributed by atoms with Crippen molar-refractivity contribution in [1.82, 2.24) is 0 Å². The molecule has 80 valence electrons. The van der Waals surface area contributed by atoms with Gasteiger partial charge in [0.05, 0.1) is 10.3 Å². The van der Waals surface area contributed by atoms with Gasteiger partial charge in [-0.25, -0.2) is 4.39 Å². The molecular weight excluding hydrogens is 223 g/mol. The van der Waals surface area contributed by atoms with Crippen molar-refractivity contribution in [3.8, 4) is 6.07 Å². The predicted octanol–water partition coefficient (Wildman–Crippen LogP) is 3.45. The number of anilines is 1. The van der Waals surface area contributed by atoms with Gasteiger partial charge in [-0.2, -0.15) is 5.26 Å². The number of nitrogen functional groups attached to an aromatic ring is 1. The summed E-state index contributed by atoms with van der Waals surface area (Å²) in [6, 6.07) is 3.46. The molecule has 2 nitrogen and oxygen atoms in total. The first kappa shape index (κ1) is 10.7. The molecule has 2 rings (SSSR count). The molecule has 0 aliphatic heterocycles. The van der Waals surface area contributed by atoms with Crippen LogP contribution < -0.4 is 5.73 Å². The molecule has 0 unspecified atom stereocenters. The minimum atomic E-state index is -0.337. The van der Waals surface area contributed by atoms with Crippen molar-refractivity contribution in [2.45, 2.75) is 6.92 Å². The quantitative estimate of drug-likeness (QED) is 0.818. The number of aryl methyl sites for hydroxylation is 1. The first-order valence-electron chi connectivity index (χ1n) is 4.63. The molecule has 0 saturated heterocycles. The van der Waals surface area contributed by atoms with E-state index in [1.54, 1.807) is 13.0 Å². The summed E-state index contributed by atoms with van der Waals surface area (Å²) in [5.41, 5.74) is 7.58. The van der Waals surface area contributed by atoms with E-state index in [0.717, 1.165) is 22.5 Å². The minimum absolute atomic E-state index is 0.337. The molecule has 0 radical (unpaired) electrons. The second-order valence-electron chi connectivity index (χ2n) is 3.45. The average Bonchev–Trinajstić information content (AvgIpc) is 2.56. The molecule has 4 heteroatoms. The van der Waals surface area contributed by atoms with Crippen LogP contribution in [0.15, 0.2) is 12.6 Å². The fourth-order valence-electron chi connectivity index (χ4n) is 1.78. The molecule has 0 aliphatic rings. The second kappa shape index (κ2) is 3.62. The minimum Gasteiger partial charge on any atom is -0.389 e. The van der Waals surface area contributed by atoms with Gasteiger partial charge in [0.1, 0.15) is 16.9 Å². The molecule has 0 fully saturated rings. The third kappa shape index (κ3) is 1.29. The highest BCUT2D eigenvalue weighted by molar-refractivity contribution is 7.23. The van der Waals surface area contributed by atoms with Crippen molar-refractivity contribution in [3.05, 3.63) is 35.2 Å². The molecule has 0 atom stereocenters. The Balaban J connectivity index is 3.08. The van der Waals surface area contributed by atoms with E-state index in [2.05, 4.69) is 6.58 Å². The number of halogens is 1. The largest absolute Gasteiger partial charge is 0.389 e. The van der Waals surface area contributed by atoms with E-state index < -0.39 is 0 Å². The Morgan fingerprint density at radius 1 is 1.62 bits per heavy atom. The van der Waals surface area contributed by atoms with Crippen molar-refractivity contribution in [3.63, 3.8) is 0 Å². The molecule has 0 bridgehead atoms. The summed E-state index contributed by atoms with van der Waals surface area (Å²) in [5.74, 6) is -0.337. The van der Waals surface area contributed by atoms with E-state index in [0.29, 0.717) is 20.7 Å². The second-order valence-corrected chi connectivity index (χ2v) is 4.50. The number of rotatable bonds is 1. The summed E-state index contributed by atoms with van der Waals surface area (Å²) in [5, 5.41) is 9.96. The maximum Gasteiger partial charge on any atom is 0.141 e. The van der Waals surface area contributed by atoms with Crippen molar-refractivity contribution in [2.75, 3.05) is 5.73 Å². The van der Waals surface area contributed by atoms with Gasteiger partial charge in [0.25, 0.3) is 0 Å². The molecular formula is C12H9FN2S. The van der Waals surface area contributed by atoms with Gasteiger partial charge in [0.15, 0.2) is 0 Å². The molecule has 0 aliphatic carbocycles. The first-order valence-corrected chi connectivity index (χ1v) is 5.45. The fourth-order valence-corrected chi connectivity index (χ4v) is 2.72. The third-order valence-electron chi connectivity index (χ3n) is 2.51. The van der Waals surface area contributed by atoms with Crippen molar-refractivity contribution in [1.29, 1.82) is 5.26 Å². The van der Waals surface area contributed by atoms with Crippen LogP contribution in [0.5, 0.6) is 0 Å². The zero-order valence-electron chi connectivity index (χ0n) is 8.67. The zero-order valence-corrected chi connectivity index (χ0v) is 9.49. The number of benzene rings is 1. The lowest BCUT2D eigenvalue weighted by atomic mass is 10.0. The van der Waals surface area contributed by atoms with Gasteiger partial charge in [-0.3, -0.25) is 0 Å². The number of nitrogens with zero attached hydrogens (tertiary/aromatic N) is 1. The van der Waals surface area contributed by atoms with Crippen molar-refractivity contribution in [2.24, 2.45) is 0 Å². The fraction of sp³-hybridized carbons (Fsp3) is 0.0833. The Labute approximate surface area is 96.4 Å². The SMILES string of the molecule is C=Cc1c(C)cc(F)c2sc(N)c(C#N)c12. The summed E-state index contributed by atoms with van der Waals surface area (Å²) >= 11 is 1.10. The van der Waals surface area contributed by atoms with Crippen LogP contribution in [0.4, 0.5) is 9.39 Å². The highest BCUT2D eigenvalue weighted by atomic mass is 32.1. The summed E-state index contributed by atoms with van der Waals surface area (Å²) in [4.78, 5) is 0. The number of hydrogen-bond acceptors (Lipinski definition) is 3. The van der Waals surface area contributed by atoms with Gasteiger partial charge in [-0.1, -0.05) is 12.7 Å². The van der Waals surface area contributed by atoms with Gasteiger partial charge < -0.3 is 5.73 Å². The highest BCUT2D eigenvalue weighted by Gasteiger charge is 2.17. The molecule has 2 N–H and O–H groups in total. The Hall–Kier alpha value is -1.86. The van der Waals surface area contributed by atoms with E-state index in [1.807, 2.05) is 6.07 Å². The van der Waals surface area contributed by atoms with E-state index in [-0.39, 0.29) is 5.82 Å². The van der Waals surface area contributed by atoms with Crippen LogP contribution in [0.2, 0.25) is 0 Å². The Morgan fingerprint density at radius 3 is 2.88 bits per heavy atom. The van der Waals surface area contributed by atoms with Crippen LogP contribution in [0.25, 0.3) is 16.2 Å². The predicted molar refractivity (Wildman–Crippen MR) is 65.7 cm³/mol. The normalized spacial score (nSPS) is 10.3. The number of fused-ring (bicyclic) bond motifs is 1. The Morgan fingerprint density at radius 2 is 2.31 bits per heavy atom. The topological polar surface area (TPSA) is 49.8 Å². The van der Waals surface area contributed by atoms with E-state index in [9.17, 15) is 4.39 Å². The van der Waals surface area contributed by atoms with Crippen molar-refractivity contribution >= 4 is 32.5 Å². The zero-order chi connectivity index (χ0) is 11.9. The molecule has 2 aromatic rings. The molecule has 0 amide bonds. The van der Waals surface area contributed by atoms with Gasteiger partial charge in [0, 0.05) is 5.39 Å². The molecule has 0 saturated carbocycles.